The average molecular weight is 384 g/mol. The monoisotopic (exact) mass is 384 g/mol. The molecule has 0 fully saturated rings. The number of hydrogen-bond donors (Lipinski definition) is 0. The summed E-state index contributed by atoms with van der Waals surface area (Å²) in [7, 11) is 0. The van der Waals surface area contributed by atoms with Crippen LogP contribution in [0.3, 0.4) is 0 Å². The van der Waals surface area contributed by atoms with Gasteiger partial charge in [0.05, 0.1) is 5.56 Å². The predicted octanol–water partition coefficient (Wildman–Crippen LogP) is 4.53. The molecule has 0 saturated carbocycles. The largest absolute Gasteiger partial charge is 0.448 e. The minimum absolute atomic E-state index is 0.348. The van der Waals surface area contributed by atoms with Crippen LogP contribution in [0, 0.1) is 11.8 Å². The van der Waals surface area contributed by atoms with Crippen LogP contribution in [0.15, 0.2) is 90.4 Å². The maximum absolute atomic E-state index is 11.4. The van der Waals surface area contributed by atoms with E-state index in [2.05, 4.69) is 25.0 Å². The molecule has 3 aromatic rings. The lowest BCUT2D eigenvalue weighted by Gasteiger charge is -2.03. The van der Waals surface area contributed by atoms with Gasteiger partial charge in [-0.15, -0.1) is 0 Å². The molecule has 0 atom stereocenters. The van der Waals surface area contributed by atoms with Crippen LogP contribution >= 0.6 is 0 Å². The minimum atomic E-state index is -0.554. The fraction of sp³-hybridized carbons (Fsp3) is 0. The van der Waals surface area contributed by atoms with Crippen molar-refractivity contribution < 1.29 is 23.5 Å². The zero-order valence-electron chi connectivity index (χ0n) is 15.4. The lowest BCUT2D eigenvalue weighted by Crippen LogP contribution is -2.04. The Morgan fingerprint density at radius 2 is 1.52 bits per heavy atom. The van der Waals surface area contributed by atoms with Crippen LogP contribution in [0.25, 0.3) is 11.3 Å². The quantitative estimate of drug-likeness (QED) is 0.280. The third-order valence-electron chi connectivity index (χ3n) is 3.71. The number of benzene rings is 2. The number of furan rings is 1. The van der Waals surface area contributed by atoms with Crippen LogP contribution in [0.2, 0.25) is 0 Å². The highest BCUT2D eigenvalue weighted by Gasteiger charge is 2.07. The van der Waals surface area contributed by atoms with Gasteiger partial charge in [-0.3, -0.25) is 0 Å². The highest BCUT2D eigenvalue weighted by molar-refractivity contribution is 5.84. The predicted molar refractivity (Wildman–Crippen MR) is 108 cm³/mol. The molecule has 1 heterocycles. The number of carbonyl (C=O) groups is 2. The second kappa shape index (κ2) is 9.07. The Morgan fingerprint density at radius 1 is 0.828 bits per heavy atom. The van der Waals surface area contributed by atoms with Gasteiger partial charge in [-0.05, 0) is 54.5 Å². The summed E-state index contributed by atoms with van der Waals surface area (Å²) in [6.07, 6.45) is 2.19. The smallest absolute Gasteiger partial charge is 0.335 e. The molecule has 5 nitrogen and oxygen atoms in total. The number of hydrogen-bond acceptors (Lipinski definition) is 5. The van der Waals surface area contributed by atoms with Crippen molar-refractivity contribution in [1.82, 2.24) is 0 Å². The van der Waals surface area contributed by atoms with Crippen molar-refractivity contribution in [2.75, 3.05) is 0 Å². The molecule has 29 heavy (non-hydrogen) atoms. The minimum Gasteiger partial charge on any atom is -0.448 e. The fourth-order valence-corrected chi connectivity index (χ4v) is 2.34. The van der Waals surface area contributed by atoms with Crippen molar-refractivity contribution in [3.05, 3.63) is 97.3 Å². The van der Waals surface area contributed by atoms with Gasteiger partial charge < -0.3 is 13.9 Å². The van der Waals surface area contributed by atoms with Gasteiger partial charge in [-0.25, -0.2) is 9.59 Å². The molecular weight excluding hydrogens is 368 g/mol. The van der Waals surface area contributed by atoms with Gasteiger partial charge in [-0.1, -0.05) is 31.2 Å². The summed E-state index contributed by atoms with van der Waals surface area (Å²) in [5.41, 5.74) is 1.35. The molecule has 0 aliphatic carbocycles. The second-order valence-corrected chi connectivity index (χ2v) is 5.68. The first-order chi connectivity index (χ1) is 14.1. The molecule has 142 valence electrons. The zero-order chi connectivity index (χ0) is 20.6. The SMILES string of the molecule is C=CC(=O)Oc1ccc(-c2ccc(C#Cc3ccccc3OC(=O)C=C)o2)cc1. The summed E-state index contributed by atoms with van der Waals surface area (Å²) in [6, 6.07) is 17.3. The van der Waals surface area contributed by atoms with Gasteiger partial charge in [0.25, 0.3) is 0 Å². The summed E-state index contributed by atoms with van der Waals surface area (Å²) < 4.78 is 16.0. The van der Waals surface area contributed by atoms with E-state index in [9.17, 15) is 9.59 Å². The van der Waals surface area contributed by atoms with E-state index in [1.807, 2.05) is 0 Å². The molecule has 0 N–H and O–H groups in total. The Hall–Kier alpha value is -4.30. The van der Waals surface area contributed by atoms with Crippen LogP contribution in [-0.4, -0.2) is 11.9 Å². The summed E-state index contributed by atoms with van der Waals surface area (Å²) in [6.45, 7) is 6.74. The standard InChI is InChI=1S/C24H16O5/c1-3-23(25)28-20-13-10-18(11-14-20)22-16-15-19(27-22)12-9-17-7-5-6-8-21(17)29-24(26)4-2/h3-8,10-11,13-16H,1-2H2. The van der Waals surface area contributed by atoms with Gasteiger partial charge >= 0.3 is 11.9 Å². The molecule has 0 amide bonds. The topological polar surface area (TPSA) is 65.7 Å². The average Bonchev–Trinajstić information content (AvgIpc) is 3.22. The van der Waals surface area contributed by atoms with Crippen molar-refractivity contribution >= 4 is 11.9 Å². The van der Waals surface area contributed by atoms with Crippen molar-refractivity contribution in [3.8, 4) is 34.7 Å². The molecular formula is C24H16O5. The fourth-order valence-electron chi connectivity index (χ4n) is 2.34. The number of rotatable bonds is 5. The number of para-hydroxylation sites is 1. The molecule has 0 radical (unpaired) electrons. The summed E-state index contributed by atoms with van der Waals surface area (Å²) in [5.74, 6) is 6.60. The molecule has 0 bridgehead atoms. The maximum atomic E-state index is 11.4. The van der Waals surface area contributed by atoms with E-state index in [1.54, 1.807) is 60.7 Å². The second-order valence-electron chi connectivity index (χ2n) is 5.68. The van der Waals surface area contributed by atoms with Crippen LogP contribution in [0.4, 0.5) is 0 Å². The third kappa shape index (κ3) is 5.12. The van der Waals surface area contributed by atoms with Crippen LogP contribution in [-0.2, 0) is 9.59 Å². The third-order valence-corrected chi connectivity index (χ3v) is 3.71. The molecule has 0 aliphatic heterocycles. The number of esters is 2. The Labute approximate surface area is 167 Å². The van der Waals surface area contributed by atoms with E-state index >= 15 is 0 Å². The summed E-state index contributed by atoms with van der Waals surface area (Å²) >= 11 is 0. The first-order valence-electron chi connectivity index (χ1n) is 8.59. The van der Waals surface area contributed by atoms with E-state index in [1.165, 1.54) is 0 Å². The molecule has 1 aromatic heterocycles. The zero-order valence-corrected chi connectivity index (χ0v) is 15.4. The van der Waals surface area contributed by atoms with E-state index in [-0.39, 0.29) is 0 Å². The lowest BCUT2D eigenvalue weighted by atomic mass is 10.2. The molecule has 2 aromatic carbocycles. The Balaban J connectivity index is 1.77. The maximum Gasteiger partial charge on any atom is 0.335 e. The van der Waals surface area contributed by atoms with E-state index in [0.29, 0.717) is 28.6 Å². The molecule has 0 aliphatic rings. The normalized spacial score (nSPS) is 9.66. The first-order valence-corrected chi connectivity index (χ1v) is 8.59. The Kier molecular flexibility index (Phi) is 6.08. The van der Waals surface area contributed by atoms with Crippen LogP contribution in [0.1, 0.15) is 11.3 Å². The van der Waals surface area contributed by atoms with Gasteiger partial charge in [0.1, 0.15) is 17.3 Å². The van der Waals surface area contributed by atoms with Gasteiger partial charge in [-0.2, -0.15) is 0 Å². The molecule has 0 spiro atoms. The summed E-state index contributed by atoms with van der Waals surface area (Å²) in [5, 5.41) is 0. The Bertz CT molecular complexity index is 1120. The molecule has 5 heteroatoms. The first kappa shape index (κ1) is 19.5. The van der Waals surface area contributed by atoms with E-state index < -0.39 is 11.9 Å². The van der Waals surface area contributed by atoms with Crippen molar-refractivity contribution in [2.24, 2.45) is 0 Å². The van der Waals surface area contributed by atoms with E-state index in [4.69, 9.17) is 13.9 Å². The van der Waals surface area contributed by atoms with E-state index in [0.717, 1.165) is 17.7 Å². The van der Waals surface area contributed by atoms with Crippen LogP contribution in [0.5, 0.6) is 11.5 Å². The van der Waals surface area contributed by atoms with Crippen molar-refractivity contribution in [2.45, 2.75) is 0 Å². The highest BCUT2D eigenvalue weighted by atomic mass is 16.5. The van der Waals surface area contributed by atoms with Crippen LogP contribution < -0.4 is 9.47 Å². The summed E-state index contributed by atoms with van der Waals surface area (Å²) in [4.78, 5) is 22.7. The molecule has 0 unspecified atom stereocenters. The van der Waals surface area contributed by atoms with Crippen molar-refractivity contribution in [3.63, 3.8) is 0 Å². The number of ether oxygens (including phenoxy) is 2. The highest BCUT2D eigenvalue weighted by Crippen LogP contribution is 2.25. The Morgan fingerprint density at radius 3 is 2.24 bits per heavy atom. The van der Waals surface area contributed by atoms with Gasteiger partial charge in [0, 0.05) is 17.7 Å². The van der Waals surface area contributed by atoms with Gasteiger partial charge in [0.2, 0.25) is 0 Å². The molecule has 3 rings (SSSR count). The number of carbonyl (C=O) groups excluding carboxylic acids is 2. The lowest BCUT2D eigenvalue weighted by molar-refractivity contribution is -0.129. The van der Waals surface area contributed by atoms with Gasteiger partial charge in [0.15, 0.2) is 5.76 Å². The molecule has 0 saturated heterocycles. The van der Waals surface area contributed by atoms with Crippen molar-refractivity contribution in [1.29, 1.82) is 0 Å².